The summed E-state index contributed by atoms with van der Waals surface area (Å²) in [6, 6.07) is 5.28. The Morgan fingerprint density at radius 3 is 1.89 bits per heavy atom. The summed E-state index contributed by atoms with van der Waals surface area (Å²) in [7, 11) is 1.92. The van der Waals surface area contributed by atoms with Crippen LogP contribution in [0.5, 0.6) is 0 Å². The van der Waals surface area contributed by atoms with E-state index in [0.29, 0.717) is 0 Å². The summed E-state index contributed by atoms with van der Waals surface area (Å²) < 4.78 is 37.2. The number of hydrogen-bond acceptors (Lipinski definition) is 1. The van der Waals surface area contributed by atoms with Crippen LogP contribution in [0, 0.1) is 0 Å². The van der Waals surface area contributed by atoms with Crippen LogP contribution in [0.4, 0.5) is 13.2 Å². The maximum absolute atomic E-state index is 12.4. The highest BCUT2D eigenvalue weighted by atomic mass is 19.4. The standard InChI is InChI=1S/C13H18BF3N/c1-3-9-18(10-4-2)14-12-7-5-11(6-8-12)13(15,16)17/h5-8H,3-4,9-10H2,1-2H3. The van der Waals surface area contributed by atoms with Gasteiger partial charge in [-0.2, -0.15) is 13.2 Å². The SMILES string of the molecule is CCCN([B]c1ccc(C(F)(F)F)cc1)CCC. The van der Waals surface area contributed by atoms with E-state index in [1.54, 1.807) is 0 Å². The summed E-state index contributed by atoms with van der Waals surface area (Å²) in [6.07, 6.45) is -2.21. The van der Waals surface area contributed by atoms with E-state index in [2.05, 4.69) is 18.7 Å². The lowest BCUT2D eigenvalue weighted by atomic mass is 9.79. The number of nitrogens with zero attached hydrogens (tertiary/aromatic N) is 1. The Kier molecular flexibility index (Phi) is 5.73. The Balaban J connectivity index is 2.67. The van der Waals surface area contributed by atoms with Crippen LogP contribution < -0.4 is 5.46 Å². The van der Waals surface area contributed by atoms with Gasteiger partial charge in [0.15, 0.2) is 0 Å². The van der Waals surface area contributed by atoms with E-state index in [4.69, 9.17) is 0 Å². The van der Waals surface area contributed by atoms with Crippen molar-refractivity contribution in [1.29, 1.82) is 0 Å². The summed E-state index contributed by atoms with van der Waals surface area (Å²) in [6.45, 7) is 6.02. The summed E-state index contributed by atoms with van der Waals surface area (Å²) in [5.41, 5.74) is 0.210. The minimum atomic E-state index is -4.26. The molecule has 0 unspecified atom stereocenters. The van der Waals surface area contributed by atoms with Gasteiger partial charge in [0.05, 0.1) is 5.56 Å². The zero-order valence-electron chi connectivity index (χ0n) is 10.8. The smallest absolute Gasteiger partial charge is 0.342 e. The van der Waals surface area contributed by atoms with Gasteiger partial charge in [-0.25, -0.2) is 0 Å². The van der Waals surface area contributed by atoms with Gasteiger partial charge in [-0.05, 0) is 25.9 Å². The van der Waals surface area contributed by atoms with Crippen LogP contribution in [0.25, 0.3) is 0 Å². The van der Waals surface area contributed by atoms with Crippen molar-refractivity contribution in [3.05, 3.63) is 29.8 Å². The van der Waals surface area contributed by atoms with Crippen molar-refractivity contribution in [2.75, 3.05) is 13.1 Å². The molecule has 5 heteroatoms. The Bertz CT molecular complexity index is 342. The lowest BCUT2D eigenvalue weighted by Gasteiger charge is -2.20. The zero-order chi connectivity index (χ0) is 13.6. The molecule has 1 aromatic rings. The van der Waals surface area contributed by atoms with Crippen molar-refractivity contribution in [3.63, 3.8) is 0 Å². The minimum absolute atomic E-state index is 0.600. The van der Waals surface area contributed by atoms with Crippen LogP contribution in [-0.2, 0) is 6.18 Å². The summed E-state index contributed by atoms with van der Waals surface area (Å²) >= 11 is 0. The van der Waals surface area contributed by atoms with Crippen molar-refractivity contribution >= 4 is 12.9 Å². The lowest BCUT2D eigenvalue weighted by Crippen LogP contribution is -2.37. The highest BCUT2D eigenvalue weighted by molar-refractivity contribution is 6.50. The van der Waals surface area contributed by atoms with Crippen LogP contribution >= 0.6 is 0 Å². The molecule has 0 aromatic heterocycles. The number of benzene rings is 1. The fourth-order valence-corrected chi connectivity index (χ4v) is 1.78. The minimum Gasteiger partial charge on any atom is -0.342 e. The second-order valence-corrected chi connectivity index (χ2v) is 4.28. The topological polar surface area (TPSA) is 3.24 Å². The van der Waals surface area contributed by atoms with Gasteiger partial charge in [0, 0.05) is 0 Å². The third kappa shape index (κ3) is 4.73. The van der Waals surface area contributed by atoms with Crippen molar-refractivity contribution in [3.8, 4) is 0 Å². The first-order valence-corrected chi connectivity index (χ1v) is 6.23. The first-order chi connectivity index (χ1) is 8.47. The van der Waals surface area contributed by atoms with E-state index in [9.17, 15) is 13.2 Å². The largest absolute Gasteiger partial charge is 0.416 e. The second-order valence-electron chi connectivity index (χ2n) is 4.28. The van der Waals surface area contributed by atoms with Crippen molar-refractivity contribution in [1.82, 2.24) is 4.81 Å². The number of rotatable bonds is 6. The van der Waals surface area contributed by atoms with E-state index in [-0.39, 0.29) is 0 Å². The van der Waals surface area contributed by atoms with Crippen molar-refractivity contribution in [2.45, 2.75) is 32.9 Å². The van der Waals surface area contributed by atoms with Gasteiger partial charge in [0.25, 0.3) is 0 Å². The molecule has 0 heterocycles. The van der Waals surface area contributed by atoms with Crippen LogP contribution in [0.3, 0.4) is 0 Å². The molecule has 1 radical (unpaired) electrons. The normalized spacial score (nSPS) is 11.9. The first-order valence-electron chi connectivity index (χ1n) is 6.23. The van der Waals surface area contributed by atoms with Crippen LogP contribution in [0.2, 0.25) is 0 Å². The molecule has 1 rings (SSSR count). The predicted molar refractivity (Wildman–Crippen MR) is 69.0 cm³/mol. The van der Waals surface area contributed by atoms with Gasteiger partial charge in [0.2, 0.25) is 7.41 Å². The van der Waals surface area contributed by atoms with Gasteiger partial charge in [-0.3, -0.25) is 0 Å². The Labute approximate surface area is 107 Å². The molecule has 18 heavy (non-hydrogen) atoms. The molecule has 0 N–H and O–H groups in total. The molecule has 1 aromatic carbocycles. The summed E-state index contributed by atoms with van der Waals surface area (Å²) in [4.78, 5) is 2.14. The molecule has 0 amide bonds. The van der Waals surface area contributed by atoms with E-state index in [1.165, 1.54) is 12.1 Å². The molecule has 0 bridgehead atoms. The van der Waals surface area contributed by atoms with Gasteiger partial charge in [-0.1, -0.05) is 43.6 Å². The number of hydrogen-bond donors (Lipinski definition) is 0. The van der Waals surface area contributed by atoms with Gasteiger partial charge in [0.1, 0.15) is 0 Å². The monoisotopic (exact) mass is 256 g/mol. The Morgan fingerprint density at radius 2 is 1.50 bits per heavy atom. The van der Waals surface area contributed by atoms with E-state index in [0.717, 1.165) is 43.5 Å². The average molecular weight is 256 g/mol. The van der Waals surface area contributed by atoms with Crippen LogP contribution in [-0.4, -0.2) is 25.3 Å². The highest BCUT2D eigenvalue weighted by Gasteiger charge is 2.29. The van der Waals surface area contributed by atoms with Gasteiger partial charge in [-0.15, -0.1) is 0 Å². The maximum atomic E-state index is 12.4. The van der Waals surface area contributed by atoms with Crippen molar-refractivity contribution < 1.29 is 13.2 Å². The summed E-state index contributed by atoms with van der Waals surface area (Å²) in [5, 5.41) is 0. The molecular formula is C13H18BF3N. The first kappa shape index (κ1) is 15.1. The molecule has 1 nitrogen and oxygen atoms in total. The predicted octanol–water partition coefficient (Wildman–Crippen LogP) is 3.07. The maximum Gasteiger partial charge on any atom is 0.416 e. The molecule has 0 aliphatic heterocycles. The third-order valence-electron chi connectivity index (χ3n) is 2.59. The van der Waals surface area contributed by atoms with Gasteiger partial charge < -0.3 is 4.81 Å². The van der Waals surface area contributed by atoms with Crippen molar-refractivity contribution in [2.24, 2.45) is 0 Å². The number of alkyl halides is 3. The Hall–Kier alpha value is -0.965. The average Bonchev–Trinajstić information content (AvgIpc) is 2.29. The zero-order valence-corrected chi connectivity index (χ0v) is 10.8. The molecule has 0 aliphatic rings. The van der Waals surface area contributed by atoms with E-state index >= 15 is 0 Å². The lowest BCUT2D eigenvalue weighted by molar-refractivity contribution is -0.137. The molecule has 0 saturated carbocycles. The molecule has 0 fully saturated rings. The summed E-state index contributed by atoms with van der Waals surface area (Å²) in [5.74, 6) is 0. The third-order valence-corrected chi connectivity index (χ3v) is 2.59. The van der Waals surface area contributed by atoms with E-state index < -0.39 is 11.7 Å². The fraction of sp³-hybridized carbons (Fsp3) is 0.538. The van der Waals surface area contributed by atoms with Crippen LogP contribution in [0.1, 0.15) is 32.3 Å². The molecular weight excluding hydrogens is 238 g/mol. The molecule has 0 atom stereocenters. The molecule has 0 aliphatic carbocycles. The van der Waals surface area contributed by atoms with Gasteiger partial charge >= 0.3 is 6.18 Å². The van der Waals surface area contributed by atoms with Crippen LogP contribution in [0.15, 0.2) is 24.3 Å². The molecule has 99 valence electrons. The number of halogens is 3. The second kappa shape index (κ2) is 6.83. The quantitative estimate of drug-likeness (QED) is 0.707. The molecule has 0 spiro atoms. The highest BCUT2D eigenvalue weighted by Crippen LogP contribution is 2.28. The Morgan fingerprint density at radius 1 is 1.00 bits per heavy atom. The fourth-order valence-electron chi connectivity index (χ4n) is 1.78. The molecule has 0 saturated heterocycles. The van der Waals surface area contributed by atoms with E-state index in [1.807, 2.05) is 7.41 Å².